The van der Waals surface area contributed by atoms with E-state index in [9.17, 15) is 9.59 Å². The number of benzene rings is 2. The summed E-state index contributed by atoms with van der Waals surface area (Å²) in [7, 11) is 3.51. The monoisotopic (exact) mass is 474 g/mol. The summed E-state index contributed by atoms with van der Waals surface area (Å²) in [6, 6.07) is 20.4. The maximum Gasteiger partial charge on any atom is 0.412 e. The zero-order valence-electron chi connectivity index (χ0n) is 20.5. The van der Waals surface area contributed by atoms with Crippen LogP contribution in [-0.4, -0.2) is 43.4 Å². The molecule has 3 aromatic rings. The molecule has 1 aliphatic heterocycles. The molecule has 0 fully saturated rings. The average Bonchev–Trinajstić information content (AvgIpc) is 3.01. The van der Waals surface area contributed by atoms with Gasteiger partial charge in [0, 0.05) is 44.5 Å². The quantitative estimate of drug-likeness (QED) is 0.288. The Hall–Kier alpha value is -3.87. The molecule has 0 saturated heterocycles. The number of fused-ring (bicyclic) bond motifs is 2. The lowest BCUT2D eigenvalue weighted by Gasteiger charge is -2.28. The molecule has 35 heavy (non-hydrogen) atoms. The van der Waals surface area contributed by atoms with Gasteiger partial charge in [0.25, 0.3) is 0 Å². The van der Waals surface area contributed by atoms with Gasteiger partial charge in [-0.2, -0.15) is 0 Å². The number of nitrogens with zero attached hydrogens (tertiary/aromatic N) is 3. The van der Waals surface area contributed by atoms with Crippen molar-refractivity contribution in [1.82, 2.24) is 4.90 Å². The number of hydrogen-bond donors (Lipinski definition) is 0. The van der Waals surface area contributed by atoms with Gasteiger partial charge in [-0.25, -0.2) is 14.2 Å². The highest BCUT2D eigenvalue weighted by molar-refractivity contribution is 5.88. The molecule has 4 rings (SSSR count). The molecule has 1 unspecified atom stereocenters. The first-order chi connectivity index (χ1) is 16.9. The van der Waals surface area contributed by atoms with Gasteiger partial charge in [0.15, 0.2) is 12.4 Å². The van der Waals surface area contributed by atoms with E-state index in [4.69, 9.17) is 9.47 Å². The van der Waals surface area contributed by atoms with Crippen molar-refractivity contribution in [2.24, 2.45) is 7.05 Å². The third-order valence-corrected chi connectivity index (χ3v) is 6.13. The van der Waals surface area contributed by atoms with Crippen molar-refractivity contribution in [1.29, 1.82) is 0 Å². The van der Waals surface area contributed by atoms with Gasteiger partial charge in [-0.3, -0.25) is 0 Å². The van der Waals surface area contributed by atoms with E-state index in [0.29, 0.717) is 12.1 Å². The Morgan fingerprint density at radius 3 is 2.23 bits per heavy atom. The van der Waals surface area contributed by atoms with Crippen LogP contribution in [-0.2, 0) is 29.4 Å². The van der Waals surface area contributed by atoms with E-state index in [0.717, 1.165) is 25.8 Å². The topological polar surface area (TPSA) is 63.0 Å². The van der Waals surface area contributed by atoms with Crippen LogP contribution in [0.4, 0.5) is 16.2 Å². The van der Waals surface area contributed by atoms with Crippen LogP contribution in [0.1, 0.15) is 34.8 Å². The summed E-state index contributed by atoms with van der Waals surface area (Å²) in [5.41, 5.74) is 5.50. The fourth-order valence-corrected chi connectivity index (χ4v) is 4.35. The Labute approximate surface area is 206 Å². The van der Waals surface area contributed by atoms with Crippen molar-refractivity contribution >= 4 is 23.4 Å². The first-order valence-corrected chi connectivity index (χ1v) is 11.9. The number of aryl methyl sites for hydroxylation is 3. The van der Waals surface area contributed by atoms with E-state index in [2.05, 4.69) is 53.4 Å². The van der Waals surface area contributed by atoms with Gasteiger partial charge in [-0.1, -0.05) is 36.4 Å². The van der Waals surface area contributed by atoms with E-state index in [1.807, 2.05) is 13.2 Å². The lowest BCUT2D eigenvalue weighted by atomic mass is 10.0. The second-order valence-electron chi connectivity index (χ2n) is 8.80. The van der Waals surface area contributed by atoms with Crippen LogP contribution in [0.25, 0.3) is 0 Å². The molecule has 7 nitrogen and oxygen atoms in total. The van der Waals surface area contributed by atoms with Crippen molar-refractivity contribution in [2.75, 3.05) is 25.0 Å². The average molecular weight is 475 g/mol. The Morgan fingerprint density at radius 1 is 0.971 bits per heavy atom. The van der Waals surface area contributed by atoms with Gasteiger partial charge in [-0.15, -0.1) is 0 Å². The van der Waals surface area contributed by atoms with Crippen LogP contribution >= 0.6 is 0 Å². The second-order valence-corrected chi connectivity index (χ2v) is 8.80. The molecule has 1 aromatic heterocycles. The van der Waals surface area contributed by atoms with Crippen molar-refractivity contribution in [2.45, 2.75) is 32.5 Å². The maximum atomic E-state index is 12.6. The van der Waals surface area contributed by atoms with E-state index >= 15 is 0 Å². The molecular formula is C28H32N3O4+. The Kier molecular flexibility index (Phi) is 7.65. The molecule has 0 N–H and O–H groups in total. The summed E-state index contributed by atoms with van der Waals surface area (Å²) in [4.78, 5) is 28.7. The standard InChI is InChI=1S/C28H32N3O4/c1-21(34-27(32)24-12-8-17-29(2)20-24)35-28(33)30(3)18-9-19-31-25-13-6-4-10-22(25)15-16-23-11-5-7-14-26(23)31/h4-8,10-14,17,20-21H,9,15-16,18-19H2,1-3H3/q+1. The molecular weight excluding hydrogens is 442 g/mol. The number of hydrogen-bond acceptors (Lipinski definition) is 5. The summed E-state index contributed by atoms with van der Waals surface area (Å²) in [6.45, 7) is 2.81. The van der Waals surface area contributed by atoms with Gasteiger partial charge in [-0.05, 0) is 48.6 Å². The summed E-state index contributed by atoms with van der Waals surface area (Å²) in [5.74, 6) is -0.539. The van der Waals surface area contributed by atoms with Crippen LogP contribution in [0.3, 0.4) is 0 Å². The summed E-state index contributed by atoms with van der Waals surface area (Å²) >= 11 is 0. The van der Waals surface area contributed by atoms with Crippen molar-refractivity contribution in [3.8, 4) is 0 Å². The number of anilines is 2. The number of aromatic nitrogens is 1. The van der Waals surface area contributed by atoms with Gasteiger partial charge in [0.2, 0.25) is 6.29 Å². The number of esters is 1. The van der Waals surface area contributed by atoms with Crippen molar-refractivity contribution < 1.29 is 23.6 Å². The van der Waals surface area contributed by atoms with Crippen LogP contribution in [0.15, 0.2) is 73.1 Å². The Bertz CT molecular complexity index is 1150. The highest BCUT2D eigenvalue weighted by atomic mass is 16.7. The van der Waals surface area contributed by atoms with Crippen molar-refractivity contribution in [3.05, 3.63) is 89.7 Å². The predicted octanol–water partition coefficient (Wildman–Crippen LogP) is 4.41. The van der Waals surface area contributed by atoms with E-state index in [1.165, 1.54) is 34.3 Å². The smallest absolute Gasteiger partial charge is 0.412 e. The third kappa shape index (κ3) is 5.98. The summed E-state index contributed by atoms with van der Waals surface area (Å²) in [5, 5.41) is 0. The molecule has 1 amide bonds. The highest BCUT2D eigenvalue weighted by Gasteiger charge is 2.22. The molecule has 2 aromatic carbocycles. The van der Waals surface area contributed by atoms with Gasteiger partial charge in [0.05, 0.1) is 0 Å². The highest BCUT2D eigenvalue weighted by Crippen LogP contribution is 2.35. The van der Waals surface area contributed by atoms with Crippen molar-refractivity contribution in [3.63, 3.8) is 0 Å². The minimum Gasteiger partial charge on any atom is -0.422 e. The first kappa shape index (κ1) is 24.3. The molecule has 7 heteroatoms. The molecule has 0 aliphatic carbocycles. The molecule has 0 spiro atoms. The van der Waals surface area contributed by atoms with E-state index in [1.54, 1.807) is 29.9 Å². The number of amides is 1. The number of para-hydroxylation sites is 2. The number of pyridine rings is 1. The Balaban J connectivity index is 1.32. The fraction of sp³-hybridized carbons (Fsp3) is 0.321. The Morgan fingerprint density at radius 2 is 1.60 bits per heavy atom. The van der Waals surface area contributed by atoms with Gasteiger partial charge in [0.1, 0.15) is 12.6 Å². The predicted molar refractivity (Wildman–Crippen MR) is 134 cm³/mol. The van der Waals surface area contributed by atoms with Crippen LogP contribution < -0.4 is 9.47 Å². The molecule has 182 valence electrons. The number of rotatable bonds is 7. The van der Waals surface area contributed by atoms with Crippen LogP contribution in [0.2, 0.25) is 0 Å². The molecule has 0 saturated carbocycles. The minimum absolute atomic E-state index is 0.393. The third-order valence-electron chi connectivity index (χ3n) is 6.13. The number of carbonyl (C=O) groups is 2. The number of ether oxygens (including phenoxy) is 2. The second kappa shape index (κ2) is 11.0. The molecule has 2 heterocycles. The first-order valence-electron chi connectivity index (χ1n) is 11.9. The molecule has 0 radical (unpaired) electrons. The fourth-order valence-electron chi connectivity index (χ4n) is 4.35. The lowest BCUT2D eigenvalue weighted by Crippen LogP contribution is -2.34. The lowest BCUT2D eigenvalue weighted by molar-refractivity contribution is -0.671. The number of carbonyl (C=O) groups excluding carboxylic acids is 2. The zero-order valence-corrected chi connectivity index (χ0v) is 20.5. The van der Waals surface area contributed by atoms with E-state index < -0.39 is 18.4 Å². The van der Waals surface area contributed by atoms with Gasteiger partial charge >= 0.3 is 12.1 Å². The summed E-state index contributed by atoms with van der Waals surface area (Å²) < 4.78 is 12.4. The van der Waals surface area contributed by atoms with Crippen LogP contribution in [0.5, 0.6) is 0 Å². The van der Waals surface area contributed by atoms with E-state index in [-0.39, 0.29) is 0 Å². The zero-order chi connectivity index (χ0) is 24.8. The SMILES string of the molecule is CC(OC(=O)c1ccc[n+](C)c1)OC(=O)N(C)CCCN1c2ccccc2CCc2ccccc21. The van der Waals surface area contributed by atoms with Crippen LogP contribution in [0, 0.1) is 0 Å². The largest absolute Gasteiger partial charge is 0.422 e. The normalized spacial score (nSPS) is 13.2. The minimum atomic E-state index is -0.993. The molecule has 1 aliphatic rings. The van der Waals surface area contributed by atoms with Gasteiger partial charge < -0.3 is 19.3 Å². The maximum absolute atomic E-state index is 12.6. The molecule has 0 bridgehead atoms. The summed E-state index contributed by atoms with van der Waals surface area (Å²) in [6.07, 6.45) is 4.72. The molecule has 1 atom stereocenters.